The smallest absolute Gasteiger partial charge is 0.248 e. The van der Waals surface area contributed by atoms with Crippen LogP contribution < -0.4 is 5.32 Å². The van der Waals surface area contributed by atoms with Gasteiger partial charge >= 0.3 is 0 Å². The van der Waals surface area contributed by atoms with Crippen LogP contribution >= 0.6 is 27.5 Å². The highest BCUT2D eigenvalue weighted by Gasteiger charge is 2.13. The Morgan fingerprint density at radius 2 is 2.12 bits per heavy atom. The summed E-state index contributed by atoms with van der Waals surface area (Å²) in [5.41, 5.74) is 2.37. The van der Waals surface area contributed by atoms with Crippen LogP contribution in [0, 0.1) is 19.7 Å². The van der Waals surface area contributed by atoms with E-state index in [1.807, 2.05) is 13.8 Å². The Bertz CT molecular complexity index is 970. The van der Waals surface area contributed by atoms with Gasteiger partial charge < -0.3 is 0 Å². The Labute approximate surface area is 162 Å². The standard InChI is InChI=1S/C16H15BrClFN6O/c1-9-15(17)10(2)25(22-9)7-14(26)21-16-20-8-24(23-16)6-11-3-4-12(19)5-13(11)18/h3-5,8H,6-7H2,1-2H3,(H,21,23,26). The van der Waals surface area contributed by atoms with E-state index in [0.717, 1.165) is 15.9 Å². The molecule has 1 aromatic carbocycles. The number of carbonyl (C=O) groups excluding carboxylic acids is 1. The number of hydrogen-bond acceptors (Lipinski definition) is 4. The van der Waals surface area contributed by atoms with Crippen molar-refractivity contribution in [3.63, 3.8) is 0 Å². The van der Waals surface area contributed by atoms with E-state index in [2.05, 4.69) is 36.4 Å². The minimum Gasteiger partial charge on any atom is -0.292 e. The summed E-state index contributed by atoms with van der Waals surface area (Å²) in [5, 5.41) is 11.4. The van der Waals surface area contributed by atoms with Crippen molar-refractivity contribution in [2.24, 2.45) is 0 Å². The first-order valence-electron chi connectivity index (χ1n) is 7.66. The lowest BCUT2D eigenvalue weighted by atomic mass is 10.2. The van der Waals surface area contributed by atoms with Crippen molar-refractivity contribution in [2.75, 3.05) is 5.32 Å². The summed E-state index contributed by atoms with van der Waals surface area (Å²) in [6.07, 6.45) is 1.47. The van der Waals surface area contributed by atoms with Gasteiger partial charge in [0.05, 0.1) is 22.4 Å². The maximum absolute atomic E-state index is 13.1. The molecule has 3 rings (SSSR count). The van der Waals surface area contributed by atoms with Crippen LogP contribution in [0.5, 0.6) is 0 Å². The van der Waals surface area contributed by atoms with E-state index in [4.69, 9.17) is 11.6 Å². The summed E-state index contributed by atoms with van der Waals surface area (Å²) in [6.45, 7) is 4.09. The quantitative estimate of drug-likeness (QED) is 0.659. The molecule has 0 aliphatic carbocycles. The first kappa shape index (κ1) is 18.5. The Balaban J connectivity index is 1.64. The minimum absolute atomic E-state index is 0.0522. The van der Waals surface area contributed by atoms with Crippen molar-refractivity contribution in [2.45, 2.75) is 26.9 Å². The van der Waals surface area contributed by atoms with Gasteiger partial charge in [0.1, 0.15) is 18.7 Å². The fraction of sp³-hybridized carbons (Fsp3) is 0.250. The zero-order chi connectivity index (χ0) is 18.8. The lowest BCUT2D eigenvalue weighted by Crippen LogP contribution is -2.21. The normalized spacial score (nSPS) is 11.0. The predicted molar refractivity (Wildman–Crippen MR) is 98.6 cm³/mol. The van der Waals surface area contributed by atoms with Gasteiger partial charge in [0.15, 0.2) is 0 Å². The van der Waals surface area contributed by atoms with Gasteiger partial charge in [-0.05, 0) is 47.5 Å². The van der Waals surface area contributed by atoms with Crippen molar-refractivity contribution < 1.29 is 9.18 Å². The second-order valence-electron chi connectivity index (χ2n) is 5.69. The molecule has 0 aliphatic heterocycles. The molecule has 0 fully saturated rings. The van der Waals surface area contributed by atoms with E-state index < -0.39 is 5.82 Å². The second-order valence-corrected chi connectivity index (χ2v) is 6.89. The number of hydrogen-bond donors (Lipinski definition) is 1. The number of benzene rings is 1. The number of nitrogens with one attached hydrogen (secondary N) is 1. The molecule has 136 valence electrons. The van der Waals surface area contributed by atoms with Gasteiger partial charge in [0, 0.05) is 5.02 Å². The van der Waals surface area contributed by atoms with Gasteiger partial charge in [-0.25, -0.2) is 14.1 Å². The zero-order valence-electron chi connectivity index (χ0n) is 14.0. The van der Waals surface area contributed by atoms with E-state index in [1.54, 1.807) is 10.7 Å². The van der Waals surface area contributed by atoms with Gasteiger partial charge in [0.2, 0.25) is 11.9 Å². The van der Waals surface area contributed by atoms with Crippen LogP contribution in [0.3, 0.4) is 0 Å². The molecule has 0 aliphatic rings. The minimum atomic E-state index is -0.402. The molecular formula is C16H15BrClFN6O. The summed E-state index contributed by atoms with van der Waals surface area (Å²) in [4.78, 5) is 16.2. The van der Waals surface area contributed by atoms with Crippen molar-refractivity contribution in [1.29, 1.82) is 0 Å². The Morgan fingerprint density at radius 3 is 2.77 bits per heavy atom. The molecule has 3 aromatic rings. The zero-order valence-corrected chi connectivity index (χ0v) is 16.3. The first-order chi connectivity index (χ1) is 12.3. The number of aromatic nitrogens is 5. The van der Waals surface area contributed by atoms with Crippen LogP contribution in [0.25, 0.3) is 0 Å². The average Bonchev–Trinajstić information content (AvgIpc) is 3.10. The molecule has 10 heteroatoms. The van der Waals surface area contributed by atoms with Crippen LogP contribution in [-0.4, -0.2) is 30.5 Å². The van der Waals surface area contributed by atoms with E-state index >= 15 is 0 Å². The molecule has 0 saturated carbocycles. The third kappa shape index (κ3) is 4.10. The van der Waals surface area contributed by atoms with E-state index in [9.17, 15) is 9.18 Å². The van der Waals surface area contributed by atoms with Crippen molar-refractivity contribution in [3.05, 3.63) is 56.8 Å². The molecule has 26 heavy (non-hydrogen) atoms. The summed E-state index contributed by atoms with van der Waals surface area (Å²) in [6, 6.07) is 4.15. The highest BCUT2D eigenvalue weighted by Crippen LogP contribution is 2.20. The van der Waals surface area contributed by atoms with Crippen molar-refractivity contribution in [1.82, 2.24) is 24.5 Å². The number of halogens is 3. The molecule has 1 N–H and O–H groups in total. The van der Waals surface area contributed by atoms with Crippen molar-refractivity contribution in [3.8, 4) is 0 Å². The van der Waals surface area contributed by atoms with Gasteiger partial charge in [-0.1, -0.05) is 17.7 Å². The number of nitrogens with zero attached hydrogens (tertiary/aromatic N) is 5. The van der Waals surface area contributed by atoms with Crippen LogP contribution in [0.4, 0.5) is 10.3 Å². The van der Waals surface area contributed by atoms with E-state index in [0.29, 0.717) is 17.1 Å². The molecule has 0 saturated heterocycles. The Morgan fingerprint density at radius 1 is 1.35 bits per heavy atom. The lowest BCUT2D eigenvalue weighted by Gasteiger charge is -2.05. The molecule has 0 spiro atoms. The molecular weight excluding hydrogens is 427 g/mol. The third-order valence-corrected chi connectivity index (χ3v) is 5.22. The number of amides is 1. The average molecular weight is 442 g/mol. The first-order valence-corrected chi connectivity index (χ1v) is 8.83. The lowest BCUT2D eigenvalue weighted by molar-refractivity contribution is -0.117. The second kappa shape index (κ2) is 7.55. The van der Waals surface area contributed by atoms with Crippen molar-refractivity contribution >= 4 is 39.4 Å². The topological polar surface area (TPSA) is 77.6 Å². The highest BCUT2D eigenvalue weighted by atomic mass is 79.9. The summed E-state index contributed by atoms with van der Waals surface area (Å²) < 4.78 is 17.1. The number of carbonyl (C=O) groups is 1. The summed E-state index contributed by atoms with van der Waals surface area (Å²) >= 11 is 9.43. The predicted octanol–water partition coefficient (Wildman–Crippen LogP) is 3.33. The van der Waals surface area contributed by atoms with Crippen LogP contribution in [0.1, 0.15) is 17.0 Å². The summed E-state index contributed by atoms with van der Waals surface area (Å²) in [5.74, 6) is -0.518. The monoisotopic (exact) mass is 440 g/mol. The number of rotatable bonds is 5. The summed E-state index contributed by atoms with van der Waals surface area (Å²) in [7, 11) is 0. The molecule has 2 heterocycles. The fourth-order valence-electron chi connectivity index (χ4n) is 2.38. The molecule has 2 aromatic heterocycles. The molecule has 0 radical (unpaired) electrons. The highest BCUT2D eigenvalue weighted by molar-refractivity contribution is 9.10. The van der Waals surface area contributed by atoms with Gasteiger partial charge in [-0.15, -0.1) is 5.10 Å². The van der Waals surface area contributed by atoms with E-state index in [1.165, 1.54) is 23.1 Å². The van der Waals surface area contributed by atoms with Crippen LogP contribution in [-0.2, 0) is 17.9 Å². The molecule has 7 nitrogen and oxygen atoms in total. The Hall–Kier alpha value is -2.26. The SMILES string of the molecule is Cc1nn(CC(=O)Nc2ncn(Cc3ccc(F)cc3Cl)n2)c(C)c1Br. The molecule has 0 atom stereocenters. The van der Waals surface area contributed by atoms with Gasteiger partial charge in [0.25, 0.3) is 0 Å². The molecule has 0 bridgehead atoms. The maximum Gasteiger partial charge on any atom is 0.248 e. The van der Waals surface area contributed by atoms with E-state index in [-0.39, 0.29) is 18.4 Å². The number of anilines is 1. The Kier molecular flexibility index (Phi) is 5.38. The molecule has 1 amide bonds. The maximum atomic E-state index is 13.1. The van der Waals surface area contributed by atoms with Crippen LogP contribution in [0.15, 0.2) is 29.0 Å². The molecule has 0 unspecified atom stereocenters. The number of aryl methyl sites for hydroxylation is 1. The largest absolute Gasteiger partial charge is 0.292 e. The third-order valence-electron chi connectivity index (χ3n) is 3.72. The van der Waals surface area contributed by atoms with Gasteiger partial charge in [-0.3, -0.25) is 14.8 Å². The fourth-order valence-corrected chi connectivity index (χ4v) is 2.89. The van der Waals surface area contributed by atoms with Gasteiger partial charge in [-0.2, -0.15) is 5.10 Å². The van der Waals surface area contributed by atoms with Crippen LogP contribution in [0.2, 0.25) is 5.02 Å².